The second kappa shape index (κ2) is 6.46. The van der Waals surface area contributed by atoms with Crippen molar-refractivity contribution in [2.75, 3.05) is 0 Å². The molecule has 1 aromatic carbocycles. The van der Waals surface area contributed by atoms with Gasteiger partial charge in [-0.3, -0.25) is 0 Å². The van der Waals surface area contributed by atoms with E-state index in [9.17, 15) is 8.78 Å². The van der Waals surface area contributed by atoms with Crippen LogP contribution in [0.1, 0.15) is 35.9 Å². The van der Waals surface area contributed by atoms with Crippen LogP contribution in [0.15, 0.2) is 29.6 Å². The Labute approximate surface area is 122 Å². The Morgan fingerprint density at radius 1 is 1.20 bits per heavy atom. The molecule has 2 rings (SSSR count). The number of aryl methyl sites for hydroxylation is 1. The third-order valence-corrected chi connectivity index (χ3v) is 4.27. The Morgan fingerprint density at radius 2 is 1.95 bits per heavy atom. The average molecular weight is 295 g/mol. The van der Waals surface area contributed by atoms with Crippen LogP contribution in [-0.2, 0) is 6.42 Å². The molecule has 1 aromatic heterocycles. The van der Waals surface area contributed by atoms with E-state index in [1.54, 1.807) is 18.3 Å². The van der Waals surface area contributed by atoms with E-state index in [0.717, 1.165) is 6.42 Å². The molecule has 2 aromatic rings. The van der Waals surface area contributed by atoms with E-state index in [2.05, 4.69) is 18.3 Å². The van der Waals surface area contributed by atoms with Gasteiger partial charge in [0.05, 0.1) is 0 Å². The number of benzene rings is 1. The van der Waals surface area contributed by atoms with Crippen molar-refractivity contribution >= 4 is 11.3 Å². The minimum absolute atomic E-state index is 0.201. The van der Waals surface area contributed by atoms with Gasteiger partial charge in [0.1, 0.15) is 11.6 Å². The standard InChI is InChI=1S/C16H19F2NS/c1-10-7-16(18)14(9-15(10)17)12(3)19-11(2)8-13-5-4-6-20-13/h4-7,9,11-12,19H,8H2,1-3H3. The van der Waals surface area contributed by atoms with Gasteiger partial charge in [-0.05, 0) is 56.3 Å². The normalized spacial score (nSPS) is 14.2. The molecule has 2 unspecified atom stereocenters. The molecule has 0 aliphatic rings. The molecule has 2 atom stereocenters. The molecule has 20 heavy (non-hydrogen) atoms. The van der Waals surface area contributed by atoms with Crippen molar-refractivity contribution in [3.05, 3.63) is 57.3 Å². The van der Waals surface area contributed by atoms with Crippen molar-refractivity contribution in [3.8, 4) is 0 Å². The highest BCUT2D eigenvalue weighted by molar-refractivity contribution is 7.09. The topological polar surface area (TPSA) is 12.0 Å². The predicted molar refractivity (Wildman–Crippen MR) is 80.1 cm³/mol. The molecule has 1 N–H and O–H groups in total. The molecule has 0 saturated heterocycles. The van der Waals surface area contributed by atoms with E-state index in [-0.39, 0.29) is 23.7 Å². The smallest absolute Gasteiger partial charge is 0.128 e. The fourth-order valence-corrected chi connectivity index (χ4v) is 3.13. The maximum Gasteiger partial charge on any atom is 0.128 e. The summed E-state index contributed by atoms with van der Waals surface area (Å²) in [5, 5.41) is 5.36. The first-order valence-corrected chi connectivity index (χ1v) is 7.59. The largest absolute Gasteiger partial charge is 0.307 e. The van der Waals surface area contributed by atoms with Crippen LogP contribution in [0.3, 0.4) is 0 Å². The molecule has 0 aliphatic carbocycles. The van der Waals surface area contributed by atoms with E-state index >= 15 is 0 Å². The van der Waals surface area contributed by atoms with Gasteiger partial charge in [-0.25, -0.2) is 8.78 Å². The van der Waals surface area contributed by atoms with Gasteiger partial charge in [0.15, 0.2) is 0 Å². The predicted octanol–water partition coefficient (Wildman–Crippen LogP) is 4.62. The number of thiophene rings is 1. The molecule has 0 bridgehead atoms. The Hall–Kier alpha value is -1.26. The van der Waals surface area contributed by atoms with E-state index < -0.39 is 0 Å². The van der Waals surface area contributed by atoms with Gasteiger partial charge in [-0.15, -0.1) is 11.3 Å². The van der Waals surface area contributed by atoms with Gasteiger partial charge >= 0.3 is 0 Å². The second-order valence-corrected chi connectivity index (χ2v) is 6.23. The molecular weight excluding hydrogens is 276 g/mol. The first-order valence-electron chi connectivity index (χ1n) is 6.71. The zero-order chi connectivity index (χ0) is 14.7. The highest BCUT2D eigenvalue weighted by Gasteiger charge is 2.16. The molecule has 0 radical (unpaired) electrons. The number of nitrogens with one attached hydrogen (secondary N) is 1. The molecule has 108 valence electrons. The summed E-state index contributed by atoms with van der Waals surface area (Å²) < 4.78 is 27.5. The average Bonchev–Trinajstić information content (AvgIpc) is 2.86. The van der Waals surface area contributed by atoms with Crippen LogP contribution in [0, 0.1) is 18.6 Å². The van der Waals surface area contributed by atoms with Crippen LogP contribution in [0.25, 0.3) is 0 Å². The first-order chi connectivity index (χ1) is 9.47. The van der Waals surface area contributed by atoms with Crippen LogP contribution in [0.4, 0.5) is 8.78 Å². The fraction of sp³-hybridized carbons (Fsp3) is 0.375. The van der Waals surface area contributed by atoms with Gasteiger partial charge in [0, 0.05) is 22.5 Å². The number of rotatable bonds is 5. The highest BCUT2D eigenvalue weighted by Crippen LogP contribution is 2.21. The van der Waals surface area contributed by atoms with Crippen LogP contribution < -0.4 is 5.32 Å². The van der Waals surface area contributed by atoms with Gasteiger partial charge < -0.3 is 5.32 Å². The monoisotopic (exact) mass is 295 g/mol. The van der Waals surface area contributed by atoms with Gasteiger partial charge in [-0.1, -0.05) is 6.07 Å². The van der Waals surface area contributed by atoms with E-state index in [1.807, 2.05) is 18.4 Å². The van der Waals surface area contributed by atoms with E-state index in [1.165, 1.54) is 17.0 Å². The summed E-state index contributed by atoms with van der Waals surface area (Å²) >= 11 is 1.71. The number of hydrogen-bond donors (Lipinski definition) is 1. The summed E-state index contributed by atoms with van der Waals surface area (Å²) in [6.07, 6.45) is 0.887. The van der Waals surface area contributed by atoms with Crippen LogP contribution >= 0.6 is 11.3 Å². The molecule has 0 aliphatic heterocycles. The maximum atomic E-state index is 13.9. The zero-order valence-corrected chi connectivity index (χ0v) is 12.7. The fourth-order valence-electron chi connectivity index (χ4n) is 2.30. The third kappa shape index (κ3) is 3.64. The third-order valence-electron chi connectivity index (χ3n) is 3.37. The minimum Gasteiger partial charge on any atom is -0.307 e. The first kappa shape index (κ1) is 15.1. The summed E-state index contributed by atoms with van der Waals surface area (Å²) in [4.78, 5) is 1.28. The second-order valence-electron chi connectivity index (χ2n) is 5.20. The molecule has 4 heteroatoms. The van der Waals surface area contributed by atoms with Crippen molar-refractivity contribution in [2.45, 2.75) is 39.3 Å². The summed E-state index contributed by atoms with van der Waals surface area (Å²) in [5.41, 5.74) is 0.719. The van der Waals surface area contributed by atoms with Crippen molar-refractivity contribution in [3.63, 3.8) is 0 Å². The van der Waals surface area contributed by atoms with E-state index in [4.69, 9.17) is 0 Å². The Morgan fingerprint density at radius 3 is 2.60 bits per heavy atom. The minimum atomic E-state index is -0.360. The van der Waals surface area contributed by atoms with Crippen LogP contribution in [0.2, 0.25) is 0 Å². The molecule has 0 amide bonds. The van der Waals surface area contributed by atoms with Crippen molar-refractivity contribution in [1.82, 2.24) is 5.32 Å². The van der Waals surface area contributed by atoms with E-state index in [0.29, 0.717) is 11.1 Å². The number of hydrogen-bond acceptors (Lipinski definition) is 2. The summed E-state index contributed by atoms with van der Waals surface area (Å²) in [6.45, 7) is 5.48. The molecule has 1 nitrogen and oxygen atoms in total. The lowest BCUT2D eigenvalue weighted by molar-refractivity contribution is 0.458. The van der Waals surface area contributed by atoms with Crippen LogP contribution in [-0.4, -0.2) is 6.04 Å². The molecular formula is C16H19F2NS. The van der Waals surface area contributed by atoms with Crippen LogP contribution in [0.5, 0.6) is 0 Å². The highest BCUT2D eigenvalue weighted by atomic mass is 32.1. The molecule has 0 spiro atoms. The summed E-state index contributed by atoms with van der Waals surface area (Å²) in [5.74, 6) is -0.715. The lowest BCUT2D eigenvalue weighted by atomic mass is 10.0. The van der Waals surface area contributed by atoms with Gasteiger partial charge in [-0.2, -0.15) is 0 Å². The van der Waals surface area contributed by atoms with Crippen molar-refractivity contribution < 1.29 is 8.78 Å². The molecule has 1 heterocycles. The Balaban J connectivity index is 2.04. The van der Waals surface area contributed by atoms with Gasteiger partial charge in [0.2, 0.25) is 0 Å². The molecule has 0 saturated carbocycles. The Kier molecular flexibility index (Phi) is 4.89. The SMILES string of the molecule is Cc1cc(F)c(C(C)NC(C)Cc2cccs2)cc1F. The molecule has 0 fully saturated rings. The quantitative estimate of drug-likeness (QED) is 0.849. The lowest BCUT2D eigenvalue weighted by Crippen LogP contribution is -2.31. The van der Waals surface area contributed by atoms with Gasteiger partial charge in [0.25, 0.3) is 0 Å². The lowest BCUT2D eigenvalue weighted by Gasteiger charge is -2.21. The zero-order valence-electron chi connectivity index (χ0n) is 11.9. The summed E-state index contributed by atoms with van der Waals surface area (Å²) in [6, 6.07) is 6.63. The van der Waals surface area contributed by atoms with Crippen molar-refractivity contribution in [2.24, 2.45) is 0 Å². The summed E-state index contributed by atoms with van der Waals surface area (Å²) in [7, 11) is 0. The number of halogens is 2. The maximum absolute atomic E-state index is 13.9. The van der Waals surface area contributed by atoms with Crippen molar-refractivity contribution in [1.29, 1.82) is 0 Å². The Bertz CT molecular complexity index is 566.